The van der Waals surface area contributed by atoms with Gasteiger partial charge in [-0.1, -0.05) is 40.2 Å². The van der Waals surface area contributed by atoms with Gasteiger partial charge in [0, 0.05) is 22.7 Å². The van der Waals surface area contributed by atoms with Crippen molar-refractivity contribution in [2.75, 3.05) is 0 Å². The summed E-state index contributed by atoms with van der Waals surface area (Å²) in [5.41, 5.74) is 1.60. The largest absolute Gasteiger partial charge is 0.403 e. The SMILES string of the molecule is O=C1OC(/C=C/c2cccc([N+](=O)[O-])c2)=NC/1=C\c1cccc(Br)c1. The van der Waals surface area contributed by atoms with Crippen molar-refractivity contribution in [1.82, 2.24) is 0 Å². The van der Waals surface area contributed by atoms with E-state index in [-0.39, 0.29) is 17.3 Å². The molecule has 0 saturated carbocycles. The number of benzene rings is 2. The Morgan fingerprint density at radius 1 is 1.08 bits per heavy atom. The quantitative estimate of drug-likeness (QED) is 0.331. The third kappa shape index (κ3) is 4.27. The highest BCUT2D eigenvalue weighted by Crippen LogP contribution is 2.19. The molecule has 7 heteroatoms. The van der Waals surface area contributed by atoms with E-state index in [1.807, 2.05) is 24.3 Å². The summed E-state index contributed by atoms with van der Waals surface area (Å²) in [6.45, 7) is 0. The van der Waals surface area contributed by atoms with Crippen LogP contribution in [-0.2, 0) is 9.53 Å². The molecule has 124 valence electrons. The summed E-state index contributed by atoms with van der Waals surface area (Å²) in [6.07, 6.45) is 4.72. The summed E-state index contributed by atoms with van der Waals surface area (Å²) in [6, 6.07) is 13.5. The molecule has 0 saturated heterocycles. The van der Waals surface area contributed by atoms with Gasteiger partial charge in [-0.15, -0.1) is 0 Å². The number of carbonyl (C=O) groups excluding carboxylic acids is 1. The fourth-order valence-electron chi connectivity index (χ4n) is 2.16. The van der Waals surface area contributed by atoms with E-state index in [4.69, 9.17) is 4.74 Å². The number of hydrogen-bond donors (Lipinski definition) is 0. The van der Waals surface area contributed by atoms with Gasteiger partial charge in [-0.2, -0.15) is 0 Å². The van der Waals surface area contributed by atoms with Gasteiger partial charge in [-0.05, 0) is 35.4 Å². The number of hydrogen-bond acceptors (Lipinski definition) is 5. The van der Waals surface area contributed by atoms with Gasteiger partial charge in [0.1, 0.15) is 0 Å². The maximum absolute atomic E-state index is 11.9. The standard InChI is InChI=1S/C18H11BrN2O4/c19-14-5-1-4-13(9-14)11-16-18(22)25-17(20-16)8-7-12-3-2-6-15(10-12)21(23)24/h1-11H/b8-7+,16-11-. The first-order chi connectivity index (χ1) is 12.0. The van der Waals surface area contributed by atoms with Crippen LogP contribution in [0.5, 0.6) is 0 Å². The van der Waals surface area contributed by atoms with Crippen molar-refractivity contribution in [2.45, 2.75) is 0 Å². The number of aliphatic imine (C=N–C) groups is 1. The molecule has 0 fully saturated rings. The van der Waals surface area contributed by atoms with Crippen molar-refractivity contribution in [3.63, 3.8) is 0 Å². The molecule has 6 nitrogen and oxygen atoms in total. The van der Waals surface area contributed by atoms with Crippen molar-refractivity contribution in [3.05, 3.63) is 86.0 Å². The van der Waals surface area contributed by atoms with E-state index in [1.54, 1.807) is 24.3 Å². The van der Waals surface area contributed by atoms with E-state index in [9.17, 15) is 14.9 Å². The third-order valence-electron chi connectivity index (χ3n) is 3.29. The lowest BCUT2D eigenvalue weighted by Crippen LogP contribution is -2.01. The number of rotatable bonds is 4. The topological polar surface area (TPSA) is 81.8 Å². The minimum Gasteiger partial charge on any atom is -0.403 e. The molecule has 0 N–H and O–H groups in total. The van der Waals surface area contributed by atoms with Crippen molar-refractivity contribution in [2.24, 2.45) is 4.99 Å². The Kier molecular flexibility index (Phi) is 4.85. The Morgan fingerprint density at radius 3 is 2.60 bits per heavy atom. The first kappa shape index (κ1) is 16.8. The number of esters is 1. The summed E-state index contributed by atoms with van der Waals surface area (Å²) in [4.78, 5) is 26.3. The number of nitro groups is 1. The third-order valence-corrected chi connectivity index (χ3v) is 3.78. The zero-order valence-electron chi connectivity index (χ0n) is 12.8. The molecular weight excluding hydrogens is 388 g/mol. The molecule has 1 aliphatic rings. The van der Waals surface area contributed by atoms with E-state index < -0.39 is 10.9 Å². The fraction of sp³-hybridized carbons (Fsp3) is 0. The Hall–Kier alpha value is -3.06. The second-order valence-electron chi connectivity index (χ2n) is 5.11. The molecule has 1 aliphatic heterocycles. The lowest BCUT2D eigenvalue weighted by Gasteiger charge is -1.95. The highest BCUT2D eigenvalue weighted by Gasteiger charge is 2.21. The van der Waals surface area contributed by atoms with E-state index in [1.165, 1.54) is 18.2 Å². The molecule has 0 bridgehead atoms. The number of nitrogens with zero attached hydrogens (tertiary/aromatic N) is 2. The minimum atomic E-state index is -0.543. The molecule has 0 aliphatic carbocycles. The van der Waals surface area contributed by atoms with Crippen LogP contribution < -0.4 is 0 Å². The first-order valence-electron chi connectivity index (χ1n) is 7.22. The molecule has 0 spiro atoms. The average molecular weight is 399 g/mol. The number of non-ortho nitro benzene ring substituents is 1. The minimum absolute atomic E-state index is 0.0113. The highest BCUT2D eigenvalue weighted by atomic mass is 79.9. The first-order valence-corrected chi connectivity index (χ1v) is 8.01. The van der Waals surface area contributed by atoms with Crippen LogP contribution in [0.25, 0.3) is 12.2 Å². The van der Waals surface area contributed by atoms with Crippen molar-refractivity contribution < 1.29 is 14.5 Å². The van der Waals surface area contributed by atoms with E-state index in [2.05, 4.69) is 20.9 Å². The second-order valence-corrected chi connectivity index (χ2v) is 6.03. The van der Waals surface area contributed by atoms with Gasteiger partial charge in [0.15, 0.2) is 5.70 Å². The number of ether oxygens (including phenoxy) is 1. The van der Waals surface area contributed by atoms with Crippen LogP contribution in [-0.4, -0.2) is 16.8 Å². The summed E-state index contributed by atoms with van der Waals surface area (Å²) in [7, 11) is 0. The summed E-state index contributed by atoms with van der Waals surface area (Å²) in [5, 5.41) is 10.8. The van der Waals surface area contributed by atoms with Crippen molar-refractivity contribution in [3.8, 4) is 0 Å². The molecule has 2 aromatic rings. The van der Waals surface area contributed by atoms with Gasteiger partial charge in [0.05, 0.1) is 4.92 Å². The predicted molar refractivity (Wildman–Crippen MR) is 97.8 cm³/mol. The molecule has 0 radical (unpaired) electrons. The fourth-order valence-corrected chi connectivity index (χ4v) is 2.58. The lowest BCUT2D eigenvalue weighted by atomic mass is 10.2. The normalized spacial score (nSPS) is 15.5. The van der Waals surface area contributed by atoms with Crippen LogP contribution in [0.15, 0.2) is 69.8 Å². The summed E-state index contributed by atoms with van der Waals surface area (Å²) in [5.74, 6) is -0.406. The van der Waals surface area contributed by atoms with Gasteiger partial charge >= 0.3 is 5.97 Å². The molecule has 1 heterocycles. The van der Waals surface area contributed by atoms with Crippen molar-refractivity contribution >= 4 is 45.6 Å². The van der Waals surface area contributed by atoms with E-state index in [0.29, 0.717) is 5.56 Å². The van der Waals surface area contributed by atoms with Crippen LogP contribution in [0, 0.1) is 10.1 Å². The number of nitro benzene ring substituents is 1. The van der Waals surface area contributed by atoms with Crippen LogP contribution in [0.3, 0.4) is 0 Å². The zero-order chi connectivity index (χ0) is 17.8. The number of cyclic esters (lactones) is 1. The molecule has 0 atom stereocenters. The second kappa shape index (κ2) is 7.23. The van der Waals surface area contributed by atoms with Gasteiger partial charge in [-0.25, -0.2) is 9.79 Å². The Morgan fingerprint density at radius 2 is 1.84 bits per heavy atom. The molecule has 25 heavy (non-hydrogen) atoms. The van der Waals surface area contributed by atoms with Crippen molar-refractivity contribution in [1.29, 1.82) is 0 Å². The summed E-state index contributed by atoms with van der Waals surface area (Å²) < 4.78 is 5.98. The van der Waals surface area contributed by atoms with Gasteiger partial charge in [-0.3, -0.25) is 10.1 Å². The average Bonchev–Trinajstić information content (AvgIpc) is 2.93. The van der Waals surface area contributed by atoms with Crippen LogP contribution >= 0.6 is 15.9 Å². The Bertz CT molecular complexity index is 948. The maximum atomic E-state index is 11.9. The lowest BCUT2D eigenvalue weighted by molar-refractivity contribution is -0.384. The van der Waals surface area contributed by atoms with E-state index in [0.717, 1.165) is 10.0 Å². The van der Waals surface area contributed by atoms with E-state index >= 15 is 0 Å². The Labute approximate surface area is 151 Å². The monoisotopic (exact) mass is 398 g/mol. The van der Waals surface area contributed by atoms with Crippen LogP contribution in [0.2, 0.25) is 0 Å². The molecule has 0 amide bonds. The molecule has 2 aromatic carbocycles. The number of carbonyl (C=O) groups is 1. The predicted octanol–water partition coefficient (Wildman–Crippen LogP) is 4.37. The van der Waals surface area contributed by atoms with Crippen LogP contribution in [0.4, 0.5) is 5.69 Å². The number of halogens is 1. The smallest absolute Gasteiger partial charge is 0.363 e. The molecule has 0 unspecified atom stereocenters. The zero-order valence-corrected chi connectivity index (χ0v) is 14.3. The summed E-state index contributed by atoms with van der Waals surface area (Å²) >= 11 is 3.36. The molecule has 3 rings (SSSR count). The molecule has 0 aromatic heterocycles. The highest BCUT2D eigenvalue weighted by molar-refractivity contribution is 9.10. The van der Waals surface area contributed by atoms with Gasteiger partial charge in [0.25, 0.3) is 5.69 Å². The van der Waals surface area contributed by atoms with Gasteiger partial charge < -0.3 is 4.74 Å². The Balaban J connectivity index is 1.81. The molecular formula is C18H11BrN2O4. The maximum Gasteiger partial charge on any atom is 0.363 e. The van der Waals surface area contributed by atoms with Gasteiger partial charge in [0.2, 0.25) is 5.90 Å². The van der Waals surface area contributed by atoms with Crippen LogP contribution in [0.1, 0.15) is 11.1 Å².